The maximum absolute atomic E-state index is 11.2. The van der Waals surface area contributed by atoms with Crippen LogP contribution < -0.4 is 0 Å². The van der Waals surface area contributed by atoms with Crippen molar-refractivity contribution in [2.75, 3.05) is 0 Å². The molecule has 8 heteroatoms. The van der Waals surface area contributed by atoms with Gasteiger partial charge in [0.25, 0.3) is 3.79 Å². The number of hydrogen-bond acceptors (Lipinski definition) is 2. The fourth-order valence-corrected chi connectivity index (χ4v) is 3.99. The highest BCUT2D eigenvalue weighted by Crippen LogP contribution is 2.42. The Morgan fingerprint density at radius 2 is 0.800 bits per heavy atom. The molecule has 0 aliphatic heterocycles. The van der Waals surface area contributed by atoms with Crippen LogP contribution in [0.4, 0.5) is 13.2 Å². The number of aryl methyl sites for hydroxylation is 2. The van der Waals surface area contributed by atoms with E-state index in [1.54, 1.807) is 12.1 Å². The minimum Gasteiger partial charge on any atom is -0.508 e. The highest BCUT2D eigenvalue weighted by molar-refractivity contribution is 6.68. The van der Waals surface area contributed by atoms with Crippen molar-refractivity contribution in [3.8, 4) is 11.5 Å². The van der Waals surface area contributed by atoms with Crippen molar-refractivity contribution in [3.63, 3.8) is 0 Å². The zero-order valence-corrected chi connectivity index (χ0v) is 26.4. The number of para-hydroxylation sites is 2. The van der Waals surface area contributed by atoms with Crippen LogP contribution in [0.15, 0.2) is 48.5 Å². The fraction of sp³-hybridized carbons (Fsp3) is 0.625. The number of phenolic OH excluding ortho intramolecular Hbond substituents is 2. The highest BCUT2D eigenvalue weighted by Gasteiger charge is 2.51. The van der Waals surface area contributed by atoms with Crippen LogP contribution in [0.2, 0.25) is 0 Å². The van der Waals surface area contributed by atoms with Crippen LogP contribution in [0.1, 0.15) is 115 Å². The summed E-state index contributed by atoms with van der Waals surface area (Å²) in [6, 6.07) is 15.3. The van der Waals surface area contributed by atoms with E-state index in [4.69, 9.17) is 0 Å². The fourth-order valence-electron chi connectivity index (χ4n) is 3.99. The Hall–Kier alpha value is -1.30. The van der Waals surface area contributed by atoms with Crippen LogP contribution in [0, 0.1) is 0 Å². The predicted molar refractivity (Wildman–Crippen MR) is 166 cm³/mol. The van der Waals surface area contributed by atoms with Crippen molar-refractivity contribution in [1.82, 2.24) is 0 Å². The molecule has 0 heterocycles. The molecule has 0 unspecified atom stereocenters. The first kappa shape index (κ1) is 38.7. The van der Waals surface area contributed by atoms with E-state index in [9.17, 15) is 23.4 Å². The molecular formula is C32H48Cl3F3O2. The average Bonchev–Trinajstić information content (AvgIpc) is 2.89. The van der Waals surface area contributed by atoms with Gasteiger partial charge in [-0.05, 0) is 48.9 Å². The number of phenols is 2. The zero-order valence-electron chi connectivity index (χ0n) is 24.1. The van der Waals surface area contributed by atoms with Gasteiger partial charge in [-0.15, -0.1) is 0 Å². The summed E-state index contributed by atoms with van der Waals surface area (Å²) in [5.74, 6) is 0.905. The molecule has 2 rings (SSSR count). The van der Waals surface area contributed by atoms with Crippen LogP contribution >= 0.6 is 34.8 Å². The molecule has 0 saturated heterocycles. The molecule has 0 atom stereocenters. The molecule has 0 radical (unpaired) electrons. The third kappa shape index (κ3) is 20.6. The van der Waals surface area contributed by atoms with Gasteiger partial charge in [0.05, 0.1) is 0 Å². The molecule has 2 nitrogen and oxygen atoms in total. The Morgan fingerprint density at radius 1 is 0.525 bits per heavy atom. The van der Waals surface area contributed by atoms with Crippen LogP contribution in [-0.2, 0) is 12.8 Å². The maximum Gasteiger partial charge on any atom is 0.435 e. The van der Waals surface area contributed by atoms with E-state index in [2.05, 4.69) is 48.7 Å². The lowest BCUT2D eigenvalue weighted by atomic mass is 10.0. The molecule has 0 fully saturated rings. The average molecular weight is 628 g/mol. The first-order chi connectivity index (χ1) is 18.9. The zero-order chi connectivity index (χ0) is 30.3. The lowest BCUT2D eigenvalue weighted by Crippen LogP contribution is -2.27. The number of halogens is 6. The van der Waals surface area contributed by atoms with Gasteiger partial charge in [0.1, 0.15) is 11.5 Å². The number of unbranched alkanes of at least 4 members (excludes halogenated alkanes) is 12. The van der Waals surface area contributed by atoms with Crippen molar-refractivity contribution in [1.29, 1.82) is 0 Å². The van der Waals surface area contributed by atoms with Gasteiger partial charge in [0, 0.05) is 0 Å². The van der Waals surface area contributed by atoms with Crippen LogP contribution in [0.3, 0.4) is 0 Å². The molecular weight excluding hydrogens is 580 g/mol. The second-order valence-electron chi connectivity index (χ2n) is 10.00. The molecule has 0 aliphatic carbocycles. The van der Waals surface area contributed by atoms with Gasteiger partial charge in [0.15, 0.2) is 0 Å². The van der Waals surface area contributed by atoms with E-state index < -0.39 is 9.97 Å². The first-order valence-corrected chi connectivity index (χ1v) is 15.7. The summed E-state index contributed by atoms with van der Waals surface area (Å²) >= 11 is 13.2. The van der Waals surface area contributed by atoms with Crippen LogP contribution in [-0.4, -0.2) is 20.2 Å². The molecule has 0 bridgehead atoms. The molecule has 0 saturated carbocycles. The monoisotopic (exact) mass is 626 g/mol. The Morgan fingerprint density at radius 3 is 1.07 bits per heavy atom. The van der Waals surface area contributed by atoms with E-state index in [1.165, 1.54) is 89.9 Å². The SMILES string of the molecule is CCCCCCCCCc1ccccc1O.CCCCCCCCCc1ccccc1O.FC(F)(F)C(Cl)(Cl)Cl. The van der Waals surface area contributed by atoms with E-state index in [0.29, 0.717) is 11.5 Å². The number of benzene rings is 2. The van der Waals surface area contributed by atoms with Gasteiger partial charge in [-0.25, -0.2) is 0 Å². The van der Waals surface area contributed by atoms with Crippen molar-refractivity contribution in [2.45, 2.75) is 127 Å². The molecule has 40 heavy (non-hydrogen) atoms. The lowest BCUT2D eigenvalue weighted by Gasteiger charge is -2.13. The maximum atomic E-state index is 11.2. The summed E-state index contributed by atoms with van der Waals surface area (Å²) in [7, 11) is 0. The Kier molecular flexibility index (Phi) is 22.5. The second-order valence-corrected chi connectivity index (χ2v) is 12.3. The molecule has 2 aromatic rings. The van der Waals surface area contributed by atoms with Gasteiger partial charge in [-0.3, -0.25) is 0 Å². The highest BCUT2D eigenvalue weighted by atomic mass is 35.6. The first-order valence-electron chi connectivity index (χ1n) is 14.6. The molecule has 230 valence electrons. The molecule has 0 aliphatic rings. The largest absolute Gasteiger partial charge is 0.508 e. The second kappa shape index (κ2) is 23.3. The third-order valence-corrected chi connectivity index (χ3v) is 7.05. The van der Waals surface area contributed by atoms with Crippen molar-refractivity contribution < 1.29 is 23.4 Å². The number of hydrogen-bond donors (Lipinski definition) is 2. The predicted octanol–water partition coefficient (Wildman–Crippen LogP) is 12.3. The summed E-state index contributed by atoms with van der Waals surface area (Å²) < 4.78 is 30.4. The summed E-state index contributed by atoms with van der Waals surface area (Å²) in [5.41, 5.74) is 2.19. The van der Waals surface area contributed by atoms with E-state index in [1.807, 2.05) is 36.4 Å². The molecule has 0 amide bonds. The topological polar surface area (TPSA) is 40.5 Å². The standard InChI is InChI=1S/2C15H24O.C2Cl3F3/c2*1-2-3-4-5-6-7-8-11-14-12-9-10-13-15(14)16;3-1(4,5)2(6,7)8/h2*9-10,12-13,16H,2-8,11H2,1H3;. The van der Waals surface area contributed by atoms with Gasteiger partial charge in [-0.2, -0.15) is 13.2 Å². The summed E-state index contributed by atoms with van der Waals surface area (Å²) in [5, 5.41) is 19.2. The van der Waals surface area contributed by atoms with Crippen molar-refractivity contribution in [2.24, 2.45) is 0 Å². The quantitative estimate of drug-likeness (QED) is 0.144. The molecule has 0 spiro atoms. The lowest BCUT2D eigenvalue weighted by molar-refractivity contribution is -0.124. The van der Waals surface area contributed by atoms with E-state index >= 15 is 0 Å². The smallest absolute Gasteiger partial charge is 0.435 e. The summed E-state index contributed by atoms with van der Waals surface area (Å²) in [6.07, 6.45) is 15.8. The Balaban J connectivity index is 0.000000605. The van der Waals surface area contributed by atoms with Gasteiger partial charge in [-0.1, -0.05) is 162 Å². The Labute approximate surface area is 255 Å². The van der Waals surface area contributed by atoms with Gasteiger partial charge < -0.3 is 10.2 Å². The van der Waals surface area contributed by atoms with E-state index in [0.717, 1.165) is 24.0 Å². The van der Waals surface area contributed by atoms with Crippen LogP contribution in [0.5, 0.6) is 11.5 Å². The normalized spacial score (nSPS) is 11.3. The van der Waals surface area contributed by atoms with E-state index in [-0.39, 0.29) is 0 Å². The summed E-state index contributed by atoms with van der Waals surface area (Å²) in [4.78, 5) is 0. The van der Waals surface area contributed by atoms with Gasteiger partial charge >= 0.3 is 6.18 Å². The van der Waals surface area contributed by atoms with Gasteiger partial charge in [0.2, 0.25) is 0 Å². The minimum absolute atomic E-state index is 0.452. The molecule has 2 aromatic carbocycles. The number of rotatable bonds is 16. The Bertz CT molecular complexity index is 799. The molecule has 0 aromatic heterocycles. The number of alkyl halides is 6. The van der Waals surface area contributed by atoms with Crippen molar-refractivity contribution in [3.05, 3.63) is 59.7 Å². The minimum atomic E-state index is -4.77. The molecule has 2 N–H and O–H groups in total. The summed E-state index contributed by atoms with van der Waals surface area (Å²) in [6.45, 7) is 4.50. The third-order valence-electron chi connectivity index (χ3n) is 6.40. The number of aromatic hydroxyl groups is 2. The van der Waals surface area contributed by atoms with Crippen molar-refractivity contribution >= 4 is 34.8 Å². The van der Waals surface area contributed by atoms with Crippen LogP contribution in [0.25, 0.3) is 0 Å².